The molecule has 0 spiro atoms. The zero-order valence-corrected chi connectivity index (χ0v) is 38.5. The van der Waals surface area contributed by atoms with E-state index in [1.54, 1.807) is 0 Å². The van der Waals surface area contributed by atoms with E-state index < -0.39 is 0 Å². The zero-order chi connectivity index (χ0) is 38.4. The van der Waals surface area contributed by atoms with Gasteiger partial charge in [0.05, 0.1) is 0 Å². The average Bonchev–Trinajstić information content (AvgIpc) is 3.90. The molecule has 2 radical (unpaired) electrons. The van der Waals surface area contributed by atoms with Gasteiger partial charge in [-0.1, -0.05) is 156 Å². The van der Waals surface area contributed by atoms with E-state index in [0.717, 1.165) is 0 Å². The molecule has 0 aliphatic heterocycles. The Bertz CT molecular complexity index is 2820. The van der Waals surface area contributed by atoms with E-state index in [1.807, 2.05) is 30.3 Å². The largest absolute Gasteiger partial charge is 0.184 e. The molecule has 0 nitrogen and oxygen atoms in total. The summed E-state index contributed by atoms with van der Waals surface area (Å²) >= 11 is 1.36. The molecule has 0 aromatic heterocycles. The van der Waals surface area contributed by atoms with Crippen LogP contribution in [0.25, 0.3) is 86.9 Å². The summed E-state index contributed by atoms with van der Waals surface area (Å²) in [6, 6.07) is 74.4. The minimum Gasteiger partial charge on any atom is -0.184 e. The SMILES string of the molecule is Cc1cc(-c2cc3ccccc3[cH-]2)c2c(ccc3ccccc32)c1.Cc1cc(-c2cc3ccccc3[cH-]2)c2c(ccc3ccccc32)c1.Cl.Cl.[CH3-].[Si]=[Zr].[c-]1ccccc1. The van der Waals surface area contributed by atoms with Crippen molar-refractivity contribution in [1.82, 2.24) is 0 Å². The molecular weight excluding hydrogens is 851 g/mol. The summed E-state index contributed by atoms with van der Waals surface area (Å²) in [6.07, 6.45) is 0. The summed E-state index contributed by atoms with van der Waals surface area (Å²) in [4.78, 5) is 0. The molecule has 0 aliphatic carbocycles. The van der Waals surface area contributed by atoms with Crippen molar-refractivity contribution in [3.05, 3.63) is 225 Å². The first-order valence-corrected chi connectivity index (χ1v) is 23.1. The van der Waals surface area contributed by atoms with Gasteiger partial charge in [-0.2, -0.15) is 36.4 Å². The maximum atomic E-state index is 3.06. The monoisotopic (exact) mass is 892 g/mol. The van der Waals surface area contributed by atoms with Gasteiger partial charge in [-0.25, -0.2) is 0 Å². The van der Waals surface area contributed by atoms with Gasteiger partial charge in [0, 0.05) is 0 Å². The fourth-order valence-corrected chi connectivity index (χ4v) is 8.00. The summed E-state index contributed by atoms with van der Waals surface area (Å²) in [5.41, 5.74) is 7.88. The minimum atomic E-state index is 0. The van der Waals surface area contributed by atoms with Gasteiger partial charge in [0.25, 0.3) is 0 Å². The van der Waals surface area contributed by atoms with Crippen LogP contribution in [0.3, 0.4) is 0 Å². The Hall–Kier alpha value is -5.08. The van der Waals surface area contributed by atoms with E-state index in [-0.39, 0.29) is 32.2 Å². The Morgan fingerprint density at radius 1 is 0.407 bits per heavy atom. The van der Waals surface area contributed by atoms with Crippen LogP contribution in [-0.2, 0) is 23.3 Å². The number of hydrogen-bond donors (Lipinski definition) is 0. The van der Waals surface area contributed by atoms with E-state index >= 15 is 0 Å². The topological polar surface area (TPSA) is 0 Å². The average molecular weight is 895 g/mol. The van der Waals surface area contributed by atoms with Crippen LogP contribution in [0.15, 0.2) is 200 Å². The third-order valence-electron chi connectivity index (χ3n) is 10.4. The molecular formula is C55H44Cl2SiZr-4. The summed E-state index contributed by atoms with van der Waals surface area (Å²) < 4.78 is 0. The number of halogens is 2. The Balaban J connectivity index is 0.000000182. The third kappa shape index (κ3) is 9.70. The third-order valence-corrected chi connectivity index (χ3v) is 10.4. The molecule has 0 N–H and O–H groups in total. The molecule has 11 rings (SSSR count). The fraction of sp³-hybridized carbons (Fsp3) is 0.0364. The summed E-state index contributed by atoms with van der Waals surface area (Å²) in [6.45, 7) is 7.42. The number of fused-ring (bicyclic) bond motifs is 8. The zero-order valence-electron chi connectivity index (χ0n) is 33.4. The van der Waals surface area contributed by atoms with Crippen LogP contribution >= 0.6 is 24.8 Å². The van der Waals surface area contributed by atoms with Crippen molar-refractivity contribution in [3.8, 4) is 22.3 Å². The second-order valence-electron chi connectivity index (χ2n) is 14.2. The second-order valence-corrected chi connectivity index (χ2v) is 14.2. The Labute approximate surface area is 377 Å². The van der Waals surface area contributed by atoms with Crippen molar-refractivity contribution in [2.24, 2.45) is 0 Å². The maximum absolute atomic E-state index is 3.06. The van der Waals surface area contributed by atoms with Crippen LogP contribution in [0, 0.1) is 27.3 Å². The van der Waals surface area contributed by atoms with Crippen LogP contribution in [0.1, 0.15) is 11.1 Å². The Kier molecular flexibility index (Phi) is 15.8. The Morgan fingerprint density at radius 3 is 1.15 bits per heavy atom. The predicted octanol–water partition coefficient (Wildman–Crippen LogP) is 16.1. The van der Waals surface area contributed by atoms with E-state index in [9.17, 15) is 0 Å². The number of aryl methyl sites for hydroxylation is 2. The number of hydrogen-bond acceptors (Lipinski definition) is 0. The molecule has 290 valence electrons. The van der Waals surface area contributed by atoms with Crippen LogP contribution in [0.2, 0.25) is 0 Å². The standard InChI is InChI=1S/2C24H17.C6H5.CH3.2ClH.Si.Zr/c2*1-16-12-20-11-10-17-6-4-5-9-22(17)24(20)23(13-16)21-14-18-7-2-3-8-19(18)15-21;1-2-4-6-5-3-1;;;;;/h2*2-15H,1H3;1-5H;1H3;2*1H;;/q4*-1;;;;. The fourth-order valence-electron chi connectivity index (χ4n) is 8.00. The van der Waals surface area contributed by atoms with Gasteiger partial charge < -0.3 is 7.43 Å². The normalized spacial score (nSPS) is 10.3. The summed E-state index contributed by atoms with van der Waals surface area (Å²) in [7, 11) is 0. The van der Waals surface area contributed by atoms with Gasteiger partial charge in [0.2, 0.25) is 0 Å². The molecule has 4 heteroatoms. The van der Waals surface area contributed by atoms with Gasteiger partial charge in [-0.05, 0) is 56.9 Å². The first kappa shape index (κ1) is 45.0. The smallest absolute Gasteiger partial charge is 0.171 e. The van der Waals surface area contributed by atoms with Crippen LogP contribution in [0.5, 0.6) is 0 Å². The van der Waals surface area contributed by atoms with E-state index in [1.165, 1.54) is 121 Å². The van der Waals surface area contributed by atoms with E-state index in [0.29, 0.717) is 0 Å². The molecule has 0 unspecified atom stereocenters. The molecule has 0 fully saturated rings. The molecule has 0 heterocycles. The van der Waals surface area contributed by atoms with Crippen LogP contribution < -0.4 is 0 Å². The number of benzene rings is 9. The first-order valence-electron chi connectivity index (χ1n) is 18.9. The molecule has 11 aromatic carbocycles. The number of rotatable bonds is 2. The predicted molar refractivity (Wildman–Crippen MR) is 261 cm³/mol. The molecule has 0 aliphatic rings. The van der Waals surface area contributed by atoms with Gasteiger partial charge in [-0.15, -0.1) is 93.9 Å². The summed E-state index contributed by atoms with van der Waals surface area (Å²) in [5.74, 6) is 0. The Morgan fingerprint density at radius 2 is 0.780 bits per heavy atom. The quantitative estimate of drug-likeness (QED) is 0.0921. The van der Waals surface area contributed by atoms with Crippen molar-refractivity contribution in [2.45, 2.75) is 13.8 Å². The minimum absolute atomic E-state index is 0. The molecule has 59 heavy (non-hydrogen) atoms. The second kappa shape index (κ2) is 20.7. The van der Waals surface area contributed by atoms with Crippen molar-refractivity contribution in [3.63, 3.8) is 0 Å². The molecule has 11 aromatic rings. The van der Waals surface area contributed by atoms with Gasteiger partial charge in [0.15, 0.2) is 0 Å². The first-order chi connectivity index (χ1) is 27.6. The van der Waals surface area contributed by atoms with Crippen molar-refractivity contribution in [1.29, 1.82) is 0 Å². The molecule has 0 amide bonds. The van der Waals surface area contributed by atoms with Crippen molar-refractivity contribution >= 4 is 96.3 Å². The molecule has 0 saturated carbocycles. The molecule has 0 atom stereocenters. The molecule has 0 bridgehead atoms. The van der Waals surface area contributed by atoms with Crippen molar-refractivity contribution in [2.75, 3.05) is 0 Å². The van der Waals surface area contributed by atoms with Crippen LogP contribution in [0.4, 0.5) is 0 Å². The van der Waals surface area contributed by atoms with Crippen LogP contribution in [-0.4, -0.2) is 6.88 Å². The van der Waals surface area contributed by atoms with Crippen molar-refractivity contribution < 1.29 is 23.3 Å². The van der Waals surface area contributed by atoms with E-state index in [2.05, 4.69) is 197 Å². The van der Waals surface area contributed by atoms with Gasteiger partial charge >= 0.3 is 30.2 Å². The van der Waals surface area contributed by atoms with Gasteiger partial charge in [0.1, 0.15) is 0 Å². The summed E-state index contributed by atoms with van der Waals surface area (Å²) in [5, 5.41) is 15.8. The molecule has 0 saturated heterocycles. The maximum Gasteiger partial charge on any atom is -0.171 e. The van der Waals surface area contributed by atoms with E-state index in [4.69, 9.17) is 0 Å². The van der Waals surface area contributed by atoms with Gasteiger partial charge in [-0.3, -0.25) is 0 Å².